The molecule has 0 N–H and O–H groups in total. The summed E-state index contributed by atoms with van der Waals surface area (Å²) in [6.07, 6.45) is 0. The number of benzene rings is 1. The number of hydrogen-bond donors (Lipinski definition) is 0. The molecule has 1 aromatic carbocycles. The molecular weight excluding hydrogens is 283 g/mol. The van der Waals surface area contributed by atoms with Crippen LogP contribution in [0, 0.1) is 13.8 Å². The molecule has 0 spiro atoms. The second kappa shape index (κ2) is 4.47. The highest BCUT2D eigenvalue weighted by Gasteiger charge is 2.16. The average molecular weight is 293 g/mol. The van der Waals surface area contributed by atoms with Crippen LogP contribution < -0.4 is 0 Å². The van der Waals surface area contributed by atoms with Crippen LogP contribution in [0.5, 0.6) is 0 Å². The van der Waals surface area contributed by atoms with E-state index in [1.165, 1.54) is 4.52 Å². The van der Waals surface area contributed by atoms with Crippen molar-refractivity contribution in [2.75, 3.05) is 0 Å². The Kier molecular flexibility index (Phi) is 2.92. The number of hydrogen-bond acceptors (Lipinski definition) is 3. The summed E-state index contributed by atoms with van der Waals surface area (Å²) in [5.41, 5.74) is 2.71. The summed E-state index contributed by atoms with van der Waals surface area (Å²) in [6.45, 7) is 3.79. The molecule has 2 heterocycles. The quantitative estimate of drug-likeness (QED) is 0.642. The summed E-state index contributed by atoms with van der Waals surface area (Å²) in [5.74, 6) is 1.01. The Labute approximate surface area is 120 Å². The predicted molar refractivity (Wildman–Crippen MR) is 75.7 cm³/mol. The standard InChI is InChI=1S/C13H10Cl2N4/c1-7-4-3-5-9(6-7)10-11(14)17-13-16-8(2)18-19(13)12(10)15/h3-6H,1-2H3. The highest BCUT2D eigenvalue weighted by molar-refractivity contribution is 6.38. The van der Waals surface area contributed by atoms with Gasteiger partial charge in [-0.05, 0) is 19.4 Å². The topological polar surface area (TPSA) is 43.1 Å². The van der Waals surface area contributed by atoms with Gasteiger partial charge in [0, 0.05) is 0 Å². The lowest BCUT2D eigenvalue weighted by Gasteiger charge is -2.08. The minimum atomic E-state index is 0.329. The fraction of sp³-hybridized carbons (Fsp3) is 0.154. The fourth-order valence-electron chi connectivity index (χ4n) is 1.98. The zero-order chi connectivity index (χ0) is 13.6. The van der Waals surface area contributed by atoms with E-state index in [0.717, 1.165) is 11.1 Å². The maximum absolute atomic E-state index is 6.38. The number of halogens is 2. The van der Waals surface area contributed by atoms with E-state index in [0.29, 0.717) is 27.5 Å². The van der Waals surface area contributed by atoms with Gasteiger partial charge >= 0.3 is 0 Å². The van der Waals surface area contributed by atoms with Gasteiger partial charge in [-0.25, -0.2) is 0 Å². The molecule has 0 saturated carbocycles. The van der Waals surface area contributed by atoms with Crippen molar-refractivity contribution in [2.24, 2.45) is 0 Å². The summed E-state index contributed by atoms with van der Waals surface area (Å²) in [4.78, 5) is 8.39. The molecule has 3 aromatic rings. The van der Waals surface area contributed by atoms with E-state index in [-0.39, 0.29) is 0 Å². The van der Waals surface area contributed by atoms with Crippen molar-refractivity contribution < 1.29 is 0 Å². The van der Waals surface area contributed by atoms with E-state index in [1.807, 2.05) is 31.2 Å². The third kappa shape index (κ3) is 2.07. The monoisotopic (exact) mass is 292 g/mol. The molecule has 0 aliphatic heterocycles. The Bertz CT molecular complexity index is 780. The first-order valence-electron chi connectivity index (χ1n) is 5.71. The van der Waals surface area contributed by atoms with Gasteiger partial charge in [0.1, 0.15) is 16.1 Å². The van der Waals surface area contributed by atoms with Crippen molar-refractivity contribution >= 4 is 29.0 Å². The van der Waals surface area contributed by atoms with E-state index >= 15 is 0 Å². The van der Waals surface area contributed by atoms with Gasteiger partial charge in [0.2, 0.25) is 0 Å². The molecular formula is C13H10Cl2N4. The van der Waals surface area contributed by atoms with Crippen LogP contribution in [-0.2, 0) is 0 Å². The van der Waals surface area contributed by atoms with Crippen molar-refractivity contribution in [3.8, 4) is 11.1 Å². The highest BCUT2D eigenvalue weighted by atomic mass is 35.5. The molecule has 6 heteroatoms. The minimum Gasteiger partial charge on any atom is -0.198 e. The van der Waals surface area contributed by atoms with Crippen LogP contribution >= 0.6 is 23.2 Å². The lowest BCUT2D eigenvalue weighted by molar-refractivity contribution is 0.918. The smallest absolute Gasteiger partial charge is 0.198 e. The largest absolute Gasteiger partial charge is 0.255 e. The molecule has 0 aliphatic rings. The molecule has 96 valence electrons. The van der Waals surface area contributed by atoms with Crippen molar-refractivity contribution in [3.63, 3.8) is 0 Å². The van der Waals surface area contributed by atoms with Crippen LogP contribution in [0.3, 0.4) is 0 Å². The zero-order valence-corrected chi connectivity index (χ0v) is 11.9. The average Bonchev–Trinajstić information content (AvgIpc) is 2.70. The highest BCUT2D eigenvalue weighted by Crippen LogP contribution is 2.33. The van der Waals surface area contributed by atoms with Crippen molar-refractivity contribution in [2.45, 2.75) is 13.8 Å². The van der Waals surface area contributed by atoms with Crippen LogP contribution in [-0.4, -0.2) is 19.6 Å². The van der Waals surface area contributed by atoms with Gasteiger partial charge in [-0.3, -0.25) is 0 Å². The number of rotatable bonds is 1. The SMILES string of the molecule is Cc1cccc(-c2c(Cl)nc3nc(C)nn3c2Cl)c1. The van der Waals surface area contributed by atoms with Crippen molar-refractivity contribution in [1.82, 2.24) is 19.6 Å². The van der Waals surface area contributed by atoms with Gasteiger partial charge < -0.3 is 0 Å². The first kappa shape index (κ1) is 12.4. The van der Waals surface area contributed by atoms with Crippen LogP contribution in [0.15, 0.2) is 24.3 Å². The minimum absolute atomic E-state index is 0.329. The lowest BCUT2D eigenvalue weighted by atomic mass is 10.1. The maximum atomic E-state index is 6.38. The van der Waals surface area contributed by atoms with E-state index in [1.54, 1.807) is 6.92 Å². The molecule has 3 rings (SSSR count). The van der Waals surface area contributed by atoms with E-state index < -0.39 is 0 Å². The van der Waals surface area contributed by atoms with Gasteiger partial charge in [-0.2, -0.15) is 14.5 Å². The molecule has 19 heavy (non-hydrogen) atoms. The summed E-state index contributed by atoms with van der Waals surface area (Å²) < 4.78 is 1.50. The molecule has 0 radical (unpaired) electrons. The van der Waals surface area contributed by atoms with Gasteiger partial charge in [-0.1, -0.05) is 53.0 Å². The Balaban J connectivity index is 2.34. The number of fused-ring (bicyclic) bond motifs is 1. The van der Waals surface area contributed by atoms with Gasteiger partial charge in [0.05, 0.1) is 5.56 Å². The molecule has 0 amide bonds. The van der Waals surface area contributed by atoms with Gasteiger partial charge in [-0.15, -0.1) is 5.10 Å². The third-order valence-corrected chi connectivity index (χ3v) is 3.42. The second-order valence-electron chi connectivity index (χ2n) is 4.31. The van der Waals surface area contributed by atoms with Crippen LogP contribution in [0.4, 0.5) is 0 Å². The molecule has 0 saturated heterocycles. The third-order valence-electron chi connectivity index (χ3n) is 2.80. The summed E-state index contributed by atoms with van der Waals surface area (Å²) in [5, 5.41) is 4.96. The van der Waals surface area contributed by atoms with E-state index in [4.69, 9.17) is 23.2 Å². The molecule has 4 nitrogen and oxygen atoms in total. The maximum Gasteiger partial charge on any atom is 0.255 e. The first-order valence-corrected chi connectivity index (χ1v) is 6.47. The predicted octanol–water partition coefficient (Wildman–Crippen LogP) is 3.71. The van der Waals surface area contributed by atoms with Crippen LogP contribution in [0.25, 0.3) is 16.9 Å². The molecule has 0 unspecified atom stereocenters. The Morgan fingerprint density at radius 3 is 2.63 bits per heavy atom. The Morgan fingerprint density at radius 2 is 1.89 bits per heavy atom. The molecule has 0 aliphatic carbocycles. The normalized spacial score (nSPS) is 11.2. The van der Waals surface area contributed by atoms with Crippen molar-refractivity contribution in [3.05, 3.63) is 46.0 Å². The van der Waals surface area contributed by atoms with E-state index in [2.05, 4.69) is 15.1 Å². The Hall–Kier alpha value is -1.65. The van der Waals surface area contributed by atoms with Crippen LogP contribution in [0.2, 0.25) is 10.3 Å². The lowest BCUT2D eigenvalue weighted by Crippen LogP contribution is -1.97. The summed E-state index contributed by atoms with van der Waals surface area (Å²) in [7, 11) is 0. The van der Waals surface area contributed by atoms with E-state index in [9.17, 15) is 0 Å². The van der Waals surface area contributed by atoms with Crippen molar-refractivity contribution in [1.29, 1.82) is 0 Å². The molecule has 0 fully saturated rings. The second-order valence-corrected chi connectivity index (χ2v) is 5.02. The first-order chi connectivity index (χ1) is 9.06. The van der Waals surface area contributed by atoms with Crippen LogP contribution in [0.1, 0.15) is 11.4 Å². The molecule has 0 bridgehead atoms. The fourth-order valence-corrected chi connectivity index (χ4v) is 2.62. The molecule has 0 atom stereocenters. The molecule has 2 aromatic heterocycles. The Morgan fingerprint density at radius 1 is 1.11 bits per heavy atom. The van der Waals surface area contributed by atoms with Gasteiger partial charge in [0.15, 0.2) is 0 Å². The number of nitrogens with zero attached hydrogens (tertiary/aromatic N) is 4. The number of aromatic nitrogens is 4. The zero-order valence-electron chi connectivity index (χ0n) is 10.4. The number of aryl methyl sites for hydroxylation is 2. The summed E-state index contributed by atoms with van der Waals surface area (Å²) >= 11 is 12.6. The van der Waals surface area contributed by atoms with Gasteiger partial charge in [0.25, 0.3) is 5.78 Å². The summed E-state index contributed by atoms with van der Waals surface area (Å²) in [6, 6.07) is 7.91.